The molecule has 1 aromatic rings. The summed E-state index contributed by atoms with van der Waals surface area (Å²) in [7, 11) is 0. The lowest BCUT2D eigenvalue weighted by Crippen LogP contribution is -2.50. The minimum Gasteiger partial charge on any atom is -0.480 e. The third-order valence-electron chi connectivity index (χ3n) is 3.32. The van der Waals surface area contributed by atoms with Crippen LogP contribution in [0, 0.1) is 5.95 Å². The standard InChI is InChI=1S/C12H13FN2O3/c1-12(11(17)18)4-2-6-15(12)10(16)8-3-5-14-9(13)7-8/h3,5,7H,2,4,6H2,1H3,(H,17,18). The molecule has 0 spiro atoms. The van der Waals surface area contributed by atoms with Crippen molar-refractivity contribution in [2.24, 2.45) is 0 Å². The Labute approximate surface area is 103 Å². The molecule has 1 saturated heterocycles. The number of hydrogen-bond donors (Lipinski definition) is 1. The van der Waals surface area contributed by atoms with Crippen molar-refractivity contribution >= 4 is 11.9 Å². The second kappa shape index (κ2) is 4.36. The van der Waals surface area contributed by atoms with Gasteiger partial charge in [-0.1, -0.05) is 0 Å². The minimum absolute atomic E-state index is 0.122. The van der Waals surface area contributed by atoms with Gasteiger partial charge < -0.3 is 10.0 Å². The van der Waals surface area contributed by atoms with Crippen LogP contribution < -0.4 is 0 Å². The van der Waals surface area contributed by atoms with E-state index in [9.17, 15) is 19.1 Å². The molecule has 0 radical (unpaired) electrons. The first-order chi connectivity index (χ1) is 8.45. The predicted molar refractivity (Wildman–Crippen MR) is 60.5 cm³/mol. The molecule has 1 atom stereocenters. The van der Waals surface area contributed by atoms with Gasteiger partial charge in [0.05, 0.1) is 0 Å². The van der Waals surface area contributed by atoms with E-state index in [4.69, 9.17) is 0 Å². The summed E-state index contributed by atoms with van der Waals surface area (Å²) in [4.78, 5) is 28.1. The van der Waals surface area contributed by atoms with E-state index >= 15 is 0 Å². The average Bonchev–Trinajstić information content (AvgIpc) is 2.72. The molecule has 1 amide bonds. The predicted octanol–water partition coefficient (Wildman–Crippen LogP) is 1.30. The Balaban J connectivity index is 2.32. The number of amides is 1. The molecule has 1 fully saturated rings. The monoisotopic (exact) mass is 252 g/mol. The highest BCUT2D eigenvalue weighted by atomic mass is 19.1. The molecule has 1 aromatic heterocycles. The molecule has 0 aliphatic carbocycles. The van der Waals surface area contributed by atoms with Gasteiger partial charge in [0, 0.05) is 24.4 Å². The van der Waals surface area contributed by atoms with Crippen molar-refractivity contribution in [3.05, 3.63) is 29.8 Å². The van der Waals surface area contributed by atoms with Crippen LogP contribution in [-0.2, 0) is 4.79 Å². The van der Waals surface area contributed by atoms with Crippen LogP contribution in [0.15, 0.2) is 18.3 Å². The largest absolute Gasteiger partial charge is 0.480 e. The van der Waals surface area contributed by atoms with Crippen molar-refractivity contribution in [3.8, 4) is 0 Å². The van der Waals surface area contributed by atoms with E-state index in [1.54, 1.807) is 0 Å². The molecule has 0 bridgehead atoms. The smallest absolute Gasteiger partial charge is 0.329 e. The molecule has 18 heavy (non-hydrogen) atoms. The number of pyridine rings is 1. The van der Waals surface area contributed by atoms with Crippen LogP contribution in [0.2, 0.25) is 0 Å². The molecule has 5 nitrogen and oxygen atoms in total. The van der Waals surface area contributed by atoms with Gasteiger partial charge in [-0.25, -0.2) is 9.78 Å². The highest BCUT2D eigenvalue weighted by molar-refractivity contribution is 5.98. The lowest BCUT2D eigenvalue weighted by molar-refractivity contribution is -0.147. The summed E-state index contributed by atoms with van der Waals surface area (Å²) in [6.45, 7) is 1.88. The van der Waals surface area contributed by atoms with Crippen molar-refractivity contribution in [2.75, 3.05) is 6.54 Å². The summed E-state index contributed by atoms with van der Waals surface area (Å²) >= 11 is 0. The summed E-state index contributed by atoms with van der Waals surface area (Å²) < 4.78 is 13.0. The third-order valence-corrected chi connectivity index (χ3v) is 3.32. The minimum atomic E-state index is -1.21. The average molecular weight is 252 g/mol. The van der Waals surface area contributed by atoms with Gasteiger partial charge in [0.2, 0.25) is 5.95 Å². The normalized spacial score (nSPS) is 23.1. The van der Waals surface area contributed by atoms with E-state index in [1.165, 1.54) is 24.1 Å². The number of carbonyl (C=O) groups is 2. The Morgan fingerprint density at radius 2 is 2.28 bits per heavy atom. The summed E-state index contributed by atoms with van der Waals surface area (Å²) in [5.41, 5.74) is -1.09. The van der Waals surface area contributed by atoms with Crippen LogP contribution in [0.5, 0.6) is 0 Å². The van der Waals surface area contributed by atoms with Gasteiger partial charge in [0.1, 0.15) is 5.54 Å². The van der Waals surface area contributed by atoms with Crippen molar-refractivity contribution in [2.45, 2.75) is 25.3 Å². The first kappa shape index (κ1) is 12.5. The molecule has 6 heteroatoms. The second-order valence-corrected chi connectivity index (χ2v) is 4.51. The number of carboxylic acid groups (broad SMARTS) is 1. The third kappa shape index (κ3) is 1.94. The molecule has 1 aliphatic heterocycles. The molecule has 0 saturated carbocycles. The van der Waals surface area contributed by atoms with Crippen molar-refractivity contribution in [1.82, 2.24) is 9.88 Å². The number of aromatic nitrogens is 1. The Morgan fingerprint density at radius 1 is 1.56 bits per heavy atom. The van der Waals surface area contributed by atoms with Gasteiger partial charge in [0.15, 0.2) is 0 Å². The van der Waals surface area contributed by atoms with Crippen molar-refractivity contribution in [3.63, 3.8) is 0 Å². The number of aliphatic carboxylic acids is 1. The van der Waals surface area contributed by atoms with E-state index in [0.717, 1.165) is 6.07 Å². The fourth-order valence-electron chi connectivity index (χ4n) is 2.20. The molecular formula is C12H13FN2O3. The van der Waals surface area contributed by atoms with Gasteiger partial charge in [-0.15, -0.1) is 0 Å². The van der Waals surface area contributed by atoms with Gasteiger partial charge in [-0.05, 0) is 25.8 Å². The zero-order valence-electron chi connectivity index (χ0n) is 9.89. The van der Waals surface area contributed by atoms with Gasteiger partial charge in [0.25, 0.3) is 5.91 Å². The zero-order chi connectivity index (χ0) is 13.3. The summed E-state index contributed by atoms with van der Waals surface area (Å²) in [5.74, 6) is -2.27. The first-order valence-electron chi connectivity index (χ1n) is 5.62. The second-order valence-electron chi connectivity index (χ2n) is 4.51. The maximum atomic E-state index is 13.0. The number of nitrogens with zero attached hydrogens (tertiary/aromatic N) is 2. The van der Waals surface area contributed by atoms with Crippen LogP contribution in [0.4, 0.5) is 4.39 Å². The maximum absolute atomic E-state index is 13.0. The number of carbonyl (C=O) groups excluding carboxylic acids is 1. The Morgan fingerprint density at radius 3 is 2.89 bits per heavy atom. The fraction of sp³-hybridized carbons (Fsp3) is 0.417. The van der Waals surface area contributed by atoms with E-state index in [0.29, 0.717) is 19.4 Å². The Bertz CT molecular complexity index is 506. The lowest BCUT2D eigenvalue weighted by atomic mass is 9.98. The molecule has 1 unspecified atom stereocenters. The van der Waals surface area contributed by atoms with Crippen LogP contribution in [0.1, 0.15) is 30.1 Å². The number of halogens is 1. The summed E-state index contributed by atoms with van der Waals surface area (Å²) in [6, 6.07) is 2.40. The van der Waals surface area contributed by atoms with Gasteiger partial charge in [-0.3, -0.25) is 4.79 Å². The van der Waals surface area contributed by atoms with Crippen LogP contribution in [0.3, 0.4) is 0 Å². The zero-order valence-corrected chi connectivity index (χ0v) is 9.89. The van der Waals surface area contributed by atoms with Crippen LogP contribution in [-0.4, -0.2) is 39.0 Å². The molecular weight excluding hydrogens is 239 g/mol. The van der Waals surface area contributed by atoms with E-state index in [2.05, 4.69) is 4.98 Å². The Hall–Kier alpha value is -1.98. The van der Waals surface area contributed by atoms with Gasteiger partial charge >= 0.3 is 5.97 Å². The quantitative estimate of drug-likeness (QED) is 0.805. The van der Waals surface area contributed by atoms with E-state index < -0.39 is 23.4 Å². The molecule has 0 aromatic carbocycles. The maximum Gasteiger partial charge on any atom is 0.329 e. The fourth-order valence-corrected chi connectivity index (χ4v) is 2.20. The van der Waals surface area contributed by atoms with Crippen molar-refractivity contribution in [1.29, 1.82) is 0 Å². The summed E-state index contributed by atoms with van der Waals surface area (Å²) in [5, 5.41) is 9.21. The number of hydrogen-bond acceptors (Lipinski definition) is 3. The highest BCUT2D eigenvalue weighted by Gasteiger charge is 2.46. The number of rotatable bonds is 2. The molecule has 2 heterocycles. The van der Waals surface area contributed by atoms with E-state index in [1.807, 2.05) is 0 Å². The van der Waals surface area contributed by atoms with E-state index in [-0.39, 0.29) is 5.56 Å². The number of likely N-dealkylation sites (tertiary alicyclic amines) is 1. The number of carboxylic acids is 1. The Kier molecular flexibility index (Phi) is 3.02. The molecule has 1 N–H and O–H groups in total. The first-order valence-corrected chi connectivity index (χ1v) is 5.62. The SMILES string of the molecule is CC1(C(=O)O)CCCN1C(=O)c1ccnc(F)c1. The highest BCUT2D eigenvalue weighted by Crippen LogP contribution is 2.30. The van der Waals surface area contributed by atoms with Gasteiger partial charge in [-0.2, -0.15) is 4.39 Å². The van der Waals surface area contributed by atoms with Crippen molar-refractivity contribution < 1.29 is 19.1 Å². The topological polar surface area (TPSA) is 70.5 Å². The van der Waals surface area contributed by atoms with Crippen LogP contribution in [0.25, 0.3) is 0 Å². The molecule has 1 aliphatic rings. The van der Waals surface area contributed by atoms with Crippen LogP contribution >= 0.6 is 0 Å². The lowest BCUT2D eigenvalue weighted by Gasteiger charge is -2.31. The molecule has 2 rings (SSSR count). The molecule has 96 valence electrons. The summed E-state index contributed by atoms with van der Waals surface area (Å²) in [6.07, 6.45) is 2.22.